The van der Waals surface area contributed by atoms with Crippen molar-refractivity contribution in [3.05, 3.63) is 17.5 Å². The lowest BCUT2D eigenvalue weighted by atomic mass is 9.85. The number of hydrogen-bond acceptors (Lipinski definition) is 4. The van der Waals surface area contributed by atoms with Gasteiger partial charge in [0.1, 0.15) is 0 Å². The minimum atomic E-state index is -3.20. The van der Waals surface area contributed by atoms with Gasteiger partial charge in [-0.25, -0.2) is 12.7 Å². The second kappa shape index (κ2) is 7.23. The van der Waals surface area contributed by atoms with Gasteiger partial charge in [-0.15, -0.1) is 0 Å². The molecule has 7 nitrogen and oxygen atoms in total. The predicted molar refractivity (Wildman–Crippen MR) is 91.4 cm³/mol. The summed E-state index contributed by atoms with van der Waals surface area (Å²) in [5.41, 5.74) is 1.62. The van der Waals surface area contributed by atoms with Gasteiger partial charge in [-0.1, -0.05) is 19.3 Å². The van der Waals surface area contributed by atoms with Crippen molar-refractivity contribution in [3.63, 3.8) is 0 Å². The van der Waals surface area contributed by atoms with Crippen molar-refractivity contribution in [2.45, 2.75) is 44.4 Å². The number of sulfonamides is 1. The first-order chi connectivity index (χ1) is 11.5. The lowest BCUT2D eigenvalue weighted by Crippen LogP contribution is -2.37. The molecule has 0 unspecified atom stereocenters. The molecule has 0 spiro atoms. The molecular formula is C16H26N4O3S. The Hall–Kier alpha value is -1.41. The molecule has 1 saturated heterocycles. The molecule has 1 amide bonds. The van der Waals surface area contributed by atoms with Crippen LogP contribution < -0.4 is 0 Å². The third-order valence-electron chi connectivity index (χ3n) is 5.12. The van der Waals surface area contributed by atoms with Gasteiger partial charge in [0.2, 0.25) is 10.0 Å². The van der Waals surface area contributed by atoms with Crippen LogP contribution in [0.5, 0.6) is 0 Å². The van der Waals surface area contributed by atoms with E-state index >= 15 is 0 Å². The van der Waals surface area contributed by atoms with Crippen molar-refractivity contribution in [1.29, 1.82) is 0 Å². The SMILES string of the molecule is CS(=O)(=O)N1CCCN(C(=O)c2cn[nH]c2C2CCCCC2)CC1. The Morgan fingerprint density at radius 2 is 1.88 bits per heavy atom. The first-order valence-electron chi connectivity index (χ1n) is 8.74. The molecule has 1 aromatic rings. The number of carbonyl (C=O) groups is 1. The number of nitrogens with one attached hydrogen (secondary N) is 1. The molecule has 3 rings (SSSR count). The van der Waals surface area contributed by atoms with Crippen LogP contribution in [-0.2, 0) is 10.0 Å². The lowest BCUT2D eigenvalue weighted by molar-refractivity contribution is 0.0762. The molecule has 2 fully saturated rings. The molecule has 0 aromatic carbocycles. The summed E-state index contributed by atoms with van der Waals surface area (Å²) in [6, 6.07) is 0. The largest absolute Gasteiger partial charge is 0.337 e. The van der Waals surface area contributed by atoms with Crippen LogP contribution in [0.4, 0.5) is 0 Å². The van der Waals surface area contributed by atoms with Gasteiger partial charge >= 0.3 is 0 Å². The highest BCUT2D eigenvalue weighted by Crippen LogP contribution is 2.33. The number of aromatic amines is 1. The fraction of sp³-hybridized carbons (Fsp3) is 0.750. The summed E-state index contributed by atoms with van der Waals surface area (Å²) in [7, 11) is -3.20. The van der Waals surface area contributed by atoms with Gasteiger partial charge in [-0.05, 0) is 19.3 Å². The van der Waals surface area contributed by atoms with Crippen molar-refractivity contribution in [3.8, 4) is 0 Å². The number of nitrogens with zero attached hydrogens (tertiary/aromatic N) is 3. The monoisotopic (exact) mass is 354 g/mol. The highest BCUT2D eigenvalue weighted by molar-refractivity contribution is 7.88. The number of H-pyrrole nitrogens is 1. The quantitative estimate of drug-likeness (QED) is 0.892. The van der Waals surface area contributed by atoms with Gasteiger partial charge in [0, 0.05) is 32.1 Å². The maximum Gasteiger partial charge on any atom is 0.257 e. The Bertz CT molecular complexity index is 679. The zero-order valence-corrected chi connectivity index (χ0v) is 15.0. The topological polar surface area (TPSA) is 86.4 Å². The molecule has 2 heterocycles. The molecule has 1 aliphatic heterocycles. The summed E-state index contributed by atoms with van der Waals surface area (Å²) in [6.07, 6.45) is 9.38. The number of carbonyl (C=O) groups excluding carboxylic acids is 1. The molecule has 8 heteroatoms. The van der Waals surface area contributed by atoms with Crippen molar-refractivity contribution in [2.75, 3.05) is 32.4 Å². The van der Waals surface area contributed by atoms with Crippen molar-refractivity contribution >= 4 is 15.9 Å². The van der Waals surface area contributed by atoms with E-state index in [0.717, 1.165) is 18.5 Å². The normalized spacial score (nSPS) is 21.6. The highest BCUT2D eigenvalue weighted by atomic mass is 32.2. The summed E-state index contributed by atoms with van der Waals surface area (Å²) in [4.78, 5) is 14.7. The highest BCUT2D eigenvalue weighted by Gasteiger charge is 2.28. The summed E-state index contributed by atoms with van der Waals surface area (Å²) < 4.78 is 24.9. The number of hydrogen-bond donors (Lipinski definition) is 1. The Kier molecular flexibility index (Phi) is 5.24. The molecular weight excluding hydrogens is 328 g/mol. The van der Waals surface area contributed by atoms with E-state index in [0.29, 0.717) is 44.1 Å². The van der Waals surface area contributed by atoms with Gasteiger partial charge in [-0.3, -0.25) is 9.89 Å². The maximum absolute atomic E-state index is 12.9. The third kappa shape index (κ3) is 3.80. The average molecular weight is 354 g/mol. The molecule has 0 radical (unpaired) electrons. The Balaban J connectivity index is 1.72. The van der Waals surface area contributed by atoms with Gasteiger partial charge in [0.15, 0.2) is 0 Å². The smallest absolute Gasteiger partial charge is 0.257 e. The third-order valence-corrected chi connectivity index (χ3v) is 6.43. The van der Waals surface area contributed by atoms with Gasteiger partial charge in [0.05, 0.1) is 23.7 Å². The van der Waals surface area contributed by atoms with E-state index in [1.807, 2.05) is 0 Å². The van der Waals surface area contributed by atoms with E-state index in [2.05, 4.69) is 10.2 Å². The molecule has 1 aliphatic carbocycles. The minimum absolute atomic E-state index is 0.0281. The standard InChI is InChI=1S/C16H26N4O3S/c1-24(22,23)20-9-5-8-19(10-11-20)16(21)14-12-17-18-15(14)13-6-3-2-4-7-13/h12-13H,2-11H2,1H3,(H,17,18). The van der Waals surface area contributed by atoms with E-state index in [-0.39, 0.29) is 5.91 Å². The minimum Gasteiger partial charge on any atom is -0.337 e. The average Bonchev–Trinajstić information content (AvgIpc) is 2.90. The molecule has 0 bridgehead atoms. The van der Waals surface area contributed by atoms with Crippen molar-refractivity contribution in [1.82, 2.24) is 19.4 Å². The van der Waals surface area contributed by atoms with Gasteiger partial charge in [0.25, 0.3) is 5.91 Å². The van der Waals surface area contributed by atoms with E-state index in [4.69, 9.17) is 0 Å². The summed E-state index contributed by atoms with van der Waals surface area (Å²) in [5.74, 6) is 0.361. The van der Waals surface area contributed by atoms with Gasteiger partial charge < -0.3 is 4.90 Å². The van der Waals surface area contributed by atoms with Crippen LogP contribution in [0.25, 0.3) is 0 Å². The molecule has 1 saturated carbocycles. The second-order valence-corrected chi connectivity index (χ2v) is 8.82. The van der Waals surface area contributed by atoms with Crippen LogP contribution in [-0.4, -0.2) is 66.2 Å². The fourth-order valence-electron chi connectivity index (χ4n) is 3.77. The lowest BCUT2D eigenvalue weighted by Gasteiger charge is -2.24. The van der Waals surface area contributed by atoms with E-state index in [9.17, 15) is 13.2 Å². The van der Waals surface area contributed by atoms with Crippen LogP contribution in [0.2, 0.25) is 0 Å². The predicted octanol–water partition coefficient (Wildman–Crippen LogP) is 1.56. The summed E-state index contributed by atoms with van der Waals surface area (Å²) in [6.45, 7) is 1.85. The Labute approximate surface area is 143 Å². The second-order valence-electron chi connectivity index (χ2n) is 6.84. The Morgan fingerprint density at radius 3 is 2.58 bits per heavy atom. The fourth-order valence-corrected chi connectivity index (χ4v) is 4.64. The zero-order chi connectivity index (χ0) is 17.2. The number of amides is 1. The number of rotatable bonds is 3. The van der Waals surface area contributed by atoms with Crippen LogP contribution in [0.1, 0.15) is 60.5 Å². The van der Waals surface area contributed by atoms with E-state index < -0.39 is 10.0 Å². The van der Waals surface area contributed by atoms with Crippen molar-refractivity contribution in [2.24, 2.45) is 0 Å². The molecule has 1 aromatic heterocycles. The number of aromatic nitrogens is 2. The van der Waals surface area contributed by atoms with Crippen LogP contribution in [0.3, 0.4) is 0 Å². The molecule has 2 aliphatic rings. The maximum atomic E-state index is 12.9. The van der Waals surface area contributed by atoms with Gasteiger partial charge in [-0.2, -0.15) is 5.10 Å². The molecule has 1 N–H and O–H groups in total. The van der Waals surface area contributed by atoms with E-state index in [1.165, 1.54) is 29.8 Å². The van der Waals surface area contributed by atoms with Crippen molar-refractivity contribution < 1.29 is 13.2 Å². The van der Waals surface area contributed by atoms with Crippen LogP contribution >= 0.6 is 0 Å². The zero-order valence-electron chi connectivity index (χ0n) is 14.2. The first kappa shape index (κ1) is 17.4. The van der Waals surface area contributed by atoms with Crippen LogP contribution in [0, 0.1) is 0 Å². The summed E-state index contributed by atoms with van der Waals surface area (Å²) in [5, 5.41) is 7.15. The summed E-state index contributed by atoms with van der Waals surface area (Å²) >= 11 is 0. The molecule has 0 atom stereocenters. The molecule has 134 valence electrons. The molecule has 24 heavy (non-hydrogen) atoms. The Morgan fingerprint density at radius 1 is 1.12 bits per heavy atom. The first-order valence-corrected chi connectivity index (χ1v) is 10.6. The van der Waals surface area contributed by atoms with Crippen LogP contribution in [0.15, 0.2) is 6.20 Å². The van der Waals surface area contributed by atoms with E-state index in [1.54, 1.807) is 11.1 Å².